The van der Waals surface area contributed by atoms with Crippen LogP contribution in [-0.2, 0) is 19.4 Å². The van der Waals surface area contributed by atoms with Gasteiger partial charge in [0.2, 0.25) is 0 Å². The van der Waals surface area contributed by atoms with Gasteiger partial charge in [-0.1, -0.05) is 37.3 Å². The molecule has 1 aromatic heterocycles. The Balaban J connectivity index is 1.73. The molecule has 1 aliphatic rings. The third-order valence-corrected chi connectivity index (χ3v) is 4.25. The maximum absolute atomic E-state index is 4.53. The number of hydrogen-bond acceptors (Lipinski definition) is 2. The topological polar surface area (TPSA) is 24.9 Å². The SMILES string of the molecule is CCc1cccnc1CNC1CCCc2ccccc21. The van der Waals surface area contributed by atoms with Crippen molar-refractivity contribution >= 4 is 0 Å². The van der Waals surface area contributed by atoms with Crippen molar-refractivity contribution in [2.24, 2.45) is 0 Å². The van der Waals surface area contributed by atoms with E-state index in [1.165, 1.54) is 41.6 Å². The summed E-state index contributed by atoms with van der Waals surface area (Å²) in [5.74, 6) is 0. The van der Waals surface area contributed by atoms with Crippen molar-refractivity contribution in [3.05, 3.63) is 65.0 Å². The summed E-state index contributed by atoms with van der Waals surface area (Å²) in [5.41, 5.74) is 5.53. The molecule has 2 aromatic rings. The smallest absolute Gasteiger partial charge is 0.0573 e. The van der Waals surface area contributed by atoms with Crippen LogP contribution in [0, 0.1) is 0 Å². The first-order chi connectivity index (χ1) is 9.88. The normalized spacial score (nSPS) is 17.8. The van der Waals surface area contributed by atoms with Gasteiger partial charge in [-0.05, 0) is 48.4 Å². The average molecular weight is 266 g/mol. The number of nitrogens with one attached hydrogen (secondary N) is 1. The van der Waals surface area contributed by atoms with Crippen molar-refractivity contribution in [2.45, 2.75) is 45.2 Å². The highest BCUT2D eigenvalue weighted by Crippen LogP contribution is 2.29. The maximum Gasteiger partial charge on any atom is 0.0573 e. The van der Waals surface area contributed by atoms with Crippen LogP contribution in [0.2, 0.25) is 0 Å². The van der Waals surface area contributed by atoms with Crippen LogP contribution in [0.4, 0.5) is 0 Å². The van der Waals surface area contributed by atoms with Crippen molar-refractivity contribution in [3.63, 3.8) is 0 Å². The fraction of sp³-hybridized carbons (Fsp3) is 0.389. The molecule has 0 aliphatic heterocycles. The number of aryl methyl sites for hydroxylation is 2. The van der Waals surface area contributed by atoms with Crippen molar-refractivity contribution in [3.8, 4) is 0 Å². The molecule has 104 valence electrons. The van der Waals surface area contributed by atoms with Crippen LogP contribution >= 0.6 is 0 Å². The molecular formula is C18H22N2. The number of aromatic nitrogens is 1. The number of fused-ring (bicyclic) bond motifs is 1. The van der Waals surface area contributed by atoms with Gasteiger partial charge in [-0.2, -0.15) is 0 Å². The van der Waals surface area contributed by atoms with Crippen molar-refractivity contribution < 1.29 is 0 Å². The molecular weight excluding hydrogens is 244 g/mol. The number of hydrogen-bond donors (Lipinski definition) is 1. The zero-order valence-corrected chi connectivity index (χ0v) is 12.1. The van der Waals surface area contributed by atoms with E-state index in [0.29, 0.717) is 6.04 Å². The quantitative estimate of drug-likeness (QED) is 0.910. The lowest BCUT2D eigenvalue weighted by molar-refractivity contribution is 0.455. The summed E-state index contributed by atoms with van der Waals surface area (Å²) in [5, 5.41) is 3.71. The second-order valence-electron chi connectivity index (χ2n) is 5.49. The minimum absolute atomic E-state index is 0.478. The zero-order valence-electron chi connectivity index (χ0n) is 12.1. The van der Waals surface area contributed by atoms with E-state index in [-0.39, 0.29) is 0 Å². The summed E-state index contributed by atoms with van der Waals surface area (Å²) >= 11 is 0. The predicted molar refractivity (Wildman–Crippen MR) is 82.6 cm³/mol. The third-order valence-electron chi connectivity index (χ3n) is 4.25. The van der Waals surface area contributed by atoms with Crippen molar-refractivity contribution in [1.29, 1.82) is 0 Å². The van der Waals surface area contributed by atoms with Gasteiger partial charge < -0.3 is 5.32 Å². The van der Waals surface area contributed by atoms with E-state index in [2.05, 4.69) is 47.6 Å². The number of pyridine rings is 1. The van der Waals surface area contributed by atoms with Crippen LogP contribution in [0.15, 0.2) is 42.6 Å². The number of nitrogens with zero attached hydrogens (tertiary/aromatic N) is 1. The molecule has 0 fully saturated rings. The summed E-state index contributed by atoms with van der Waals surface area (Å²) in [4.78, 5) is 4.53. The Labute approximate surface area is 121 Å². The van der Waals surface area contributed by atoms with Gasteiger partial charge >= 0.3 is 0 Å². The highest BCUT2D eigenvalue weighted by Gasteiger charge is 2.19. The first-order valence-electron chi connectivity index (χ1n) is 7.62. The molecule has 3 rings (SSSR count). The van der Waals surface area contributed by atoms with E-state index >= 15 is 0 Å². The van der Waals surface area contributed by atoms with E-state index in [1.807, 2.05) is 12.3 Å². The molecule has 1 N–H and O–H groups in total. The van der Waals surface area contributed by atoms with Crippen molar-refractivity contribution in [2.75, 3.05) is 0 Å². The highest BCUT2D eigenvalue weighted by atomic mass is 14.9. The van der Waals surface area contributed by atoms with Gasteiger partial charge in [-0.3, -0.25) is 4.98 Å². The Morgan fingerprint density at radius 1 is 1.20 bits per heavy atom. The Hall–Kier alpha value is -1.67. The third kappa shape index (κ3) is 2.75. The fourth-order valence-electron chi connectivity index (χ4n) is 3.14. The molecule has 0 saturated heterocycles. The average Bonchev–Trinajstić information content (AvgIpc) is 2.53. The first kappa shape index (κ1) is 13.3. The molecule has 0 spiro atoms. The van der Waals surface area contributed by atoms with E-state index in [1.54, 1.807) is 0 Å². The molecule has 1 aromatic carbocycles. The summed E-state index contributed by atoms with van der Waals surface area (Å²) in [6.45, 7) is 3.05. The van der Waals surface area contributed by atoms with Gasteiger partial charge in [0.25, 0.3) is 0 Å². The first-order valence-corrected chi connectivity index (χ1v) is 7.62. The molecule has 2 nitrogen and oxygen atoms in total. The molecule has 1 atom stereocenters. The van der Waals surface area contributed by atoms with Gasteiger partial charge in [-0.15, -0.1) is 0 Å². The summed E-state index contributed by atoms with van der Waals surface area (Å²) in [6.07, 6.45) is 6.66. The lowest BCUT2D eigenvalue weighted by atomic mass is 9.87. The Morgan fingerprint density at radius 2 is 2.10 bits per heavy atom. The molecule has 1 unspecified atom stereocenters. The Bertz CT molecular complexity index is 577. The van der Waals surface area contributed by atoms with Gasteiger partial charge in [0.15, 0.2) is 0 Å². The van der Waals surface area contributed by atoms with Crippen molar-refractivity contribution in [1.82, 2.24) is 10.3 Å². The van der Waals surface area contributed by atoms with Crippen LogP contribution in [0.1, 0.15) is 48.2 Å². The predicted octanol–water partition coefficient (Wildman–Crippen LogP) is 3.81. The number of rotatable bonds is 4. The molecule has 1 heterocycles. The minimum atomic E-state index is 0.478. The van der Waals surface area contributed by atoms with Crippen LogP contribution in [0.5, 0.6) is 0 Å². The van der Waals surface area contributed by atoms with Crippen LogP contribution in [0.25, 0.3) is 0 Å². The summed E-state index contributed by atoms with van der Waals surface area (Å²) in [6, 6.07) is 13.5. The molecule has 0 radical (unpaired) electrons. The van der Waals surface area contributed by atoms with Crippen LogP contribution in [-0.4, -0.2) is 4.98 Å². The largest absolute Gasteiger partial charge is 0.304 e. The van der Waals surface area contributed by atoms with Crippen LogP contribution < -0.4 is 5.32 Å². The second kappa shape index (κ2) is 6.19. The molecule has 2 heteroatoms. The lowest BCUT2D eigenvalue weighted by Gasteiger charge is -2.26. The van der Waals surface area contributed by atoms with Gasteiger partial charge in [0, 0.05) is 18.8 Å². The molecule has 0 bridgehead atoms. The Morgan fingerprint density at radius 3 is 3.00 bits per heavy atom. The minimum Gasteiger partial charge on any atom is -0.304 e. The zero-order chi connectivity index (χ0) is 13.8. The molecule has 1 aliphatic carbocycles. The molecule has 0 amide bonds. The Kier molecular flexibility index (Phi) is 4.12. The highest BCUT2D eigenvalue weighted by molar-refractivity contribution is 5.32. The van der Waals surface area contributed by atoms with Gasteiger partial charge in [-0.25, -0.2) is 0 Å². The summed E-state index contributed by atoms with van der Waals surface area (Å²) in [7, 11) is 0. The maximum atomic E-state index is 4.53. The molecule has 0 saturated carbocycles. The van der Waals surface area contributed by atoms with E-state index < -0.39 is 0 Å². The fourth-order valence-corrected chi connectivity index (χ4v) is 3.14. The monoisotopic (exact) mass is 266 g/mol. The van der Waals surface area contributed by atoms with E-state index in [4.69, 9.17) is 0 Å². The van der Waals surface area contributed by atoms with Gasteiger partial charge in [0.05, 0.1) is 5.69 Å². The van der Waals surface area contributed by atoms with Crippen LogP contribution in [0.3, 0.4) is 0 Å². The molecule has 20 heavy (non-hydrogen) atoms. The number of benzene rings is 1. The lowest BCUT2D eigenvalue weighted by Crippen LogP contribution is -2.25. The second-order valence-corrected chi connectivity index (χ2v) is 5.49. The standard InChI is InChI=1S/C18H22N2/c1-2-14-9-6-12-19-18(14)13-20-17-11-5-8-15-7-3-4-10-16(15)17/h3-4,6-7,9-10,12,17,20H,2,5,8,11,13H2,1H3. The summed E-state index contributed by atoms with van der Waals surface area (Å²) < 4.78 is 0. The van der Waals surface area contributed by atoms with E-state index in [9.17, 15) is 0 Å². The van der Waals surface area contributed by atoms with Gasteiger partial charge in [0.1, 0.15) is 0 Å². The van der Waals surface area contributed by atoms with E-state index in [0.717, 1.165) is 13.0 Å².